The van der Waals surface area contributed by atoms with E-state index in [0.717, 1.165) is 55.5 Å². The van der Waals surface area contributed by atoms with Crippen molar-refractivity contribution < 1.29 is 4.42 Å². The third-order valence-corrected chi connectivity index (χ3v) is 9.28. The van der Waals surface area contributed by atoms with Crippen molar-refractivity contribution in [1.29, 1.82) is 0 Å². The van der Waals surface area contributed by atoms with Crippen molar-refractivity contribution in [2.45, 2.75) is 0 Å². The van der Waals surface area contributed by atoms with E-state index in [1.807, 2.05) is 0 Å². The molecule has 0 unspecified atom stereocenters. The minimum absolute atomic E-state index is 0.895. The minimum atomic E-state index is 0.895. The molecule has 0 amide bonds. The summed E-state index contributed by atoms with van der Waals surface area (Å²) in [6.45, 7) is 0. The molecule has 0 aliphatic carbocycles. The molecule has 0 saturated heterocycles. The lowest BCUT2D eigenvalue weighted by atomic mass is 9.96. The molecule has 8 aromatic carbocycles. The second-order valence-corrected chi connectivity index (χ2v) is 12.1. The van der Waals surface area contributed by atoms with E-state index in [-0.39, 0.29) is 0 Å². The third kappa shape index (κ3) is 4.83. The molecule has 1 aromatic heterocycles. The molecule has 0 saturated carbocycles. The summed E-state index contributed by atoms with van der Waals surface area (Å²) < 4.78 is 6.46. The highest BCUT2D eigenvalue weighted by Gasteiger charge is 2.21. The SMILES string of the molecule is c1ccc(-c2ccc(-c3ccccc3N(c3ccccc3)c3ccccc3-c3ccc4oc5c6ccccc6ccc5c4c3)cc2)cc1. The Morgan fingerprint density at radius 2 is 0.917 bits per heavy atom. The summed E-state index contributed by atoms with van der Waals surface area (Å²) in [7, 11) is 0. The third-order valence-electron chi connectivity index (χ3n) is 9.28. The predicted octanol–water partition coefficient (Wildman–Crippen LogP) is 13.2. The number of anilines is 3. The summed E-state index contributed by atoms with van der Waals surface area (Å²) in [5.74, 6) is 0. The normalized spacial score (nSPS) is 11.3. The first-order valence-corrected chi connectivity index (χ1v) is 16.4. The summed E-state index contributed by atoms with van der Waals surface area (Å²) in [5, 5.41) is 4.57. The van der Waals surface area contributed by atoms with Crippen LogP contribution >= 0.6 is 0 Å². The molecule has 0 aliphatic rings. The maximum atomic E-state index is 6.46. The summed E-state index contributed by atoms with van der Waals surface area (Å²) in [6.07, 6.45) is 0. The standard InChI is InChI=1S/C46H31NO/c1-3-13-32(14-4-1)33-23-25-35(26-24-33)38-18-9-11-21-43(38)47(37-16-5-2-6-17-37)44-22-12-10-19-39(44)36-28-30-45-42(31-36)41-29-27-34-15-7-8-20-40(34)46(41)48-45/h1-31H. The van der Waals surface area contributed by atoms with E-state index in [0.29, 0.717) is 0 Å². The Labute approximate surface area is 279 Å². The molecule has 9 aromatic rings. The van der Waals surface area contributed by atoms with Crippen molar-refractivity contribution in [2.24, 2.45) is 0 Å². The lowest BCUT2D eigenvalue weighted by Crippen LogP contribution is -2.12. The van der Waals surface area contributed by atoms with E-state index in [4.69, 9.17) is 4.42 Å². The van der Waals surface area contributed by atoms with Crippen molar-refractivity contribution in [3.05, 3.63) is 188 Å². The lowest BCUT2D eigenvalue weighted by molar-refractivity contribution is 0.672. The van der Waals surface area contributed by atoms with Gasteiger partial charge in [0.15, 0.2) is 0 Å². The van der Waals surface area contributed by atoms with E-state index in [1.165, 1.54) is 27.6 Å². The van der Waals surface area contributed by atoms with Gasteiger partial charge in [-0.05, 0) is 70.1 Å². The average Bonchev–Trinajstić information content (AvgIpc) is 3.55. The number of fused-ring (bicyclic) bond motifs is 5. The number of nitrogens with zero attached hydrogens (tertiary/aromatic N) is 1. The van der Waals surface area contributed by atoms with Crippen molar-refractivity contribution in [3.8, 4) is 33.4 Å². The van der Waals surface area contributed by atoms with Crippen LogP contribution in [0.15, 0.2) is 192 Å². The maximum Gasteiger partial charge on any atom is 0.143 e. The highest BCUT2D eigenvalue weighted by atomic mass is 16.3. The van der Waals surface area contributed by atoms with Crippen LogP contribution in [-0.4, -0.2) is 0 Å². The largest absolute Gasteiger partial charge is 0.455 e. The van der Waals surface area contributed by atoms with Crippen molar-refractivity contribution in [2.75, 3.05) is 4.90 Å². The number of hydrogen-bond acceptors (Lipinski definition) is 2. The molecule has 0 spiro atoms. The zero-order valence-electron chi connectivity index (χ0n) is 26.3. The fourth-order valence-corrected chi connectivity index (χ4v) is 6.96. The van der Waals surface area contributed by atoms with Gasteiger partial charge in [-0.3, -0.25) is 0 Å². The molecule has 0 radical (unpaired) electrons. The first-order chi connectivity index (χ1) is 23.8. The number of para-hydroxylation sites is 3. The first kappa shape index (κ1) is 27.9. The zero-order valence-corrected chi connectivity index (χ0v) is 26.3. The Balaban J connectivity index is 1.20. The smallest absolute Gasteiger partial charge is 0.143 e. The van der Waals surface area contributed by atoms with Gasteiger partial charge in [0.2, 0.25) is 0 Å². The Morgan fingerprint density at radius 1 is 0.354 bits per heavy atom. The molecule has 2 nitrogen and oxygen atoms in total. The number of furan rings is 1. The van der Waals surface area contributed by atoms with Crippen molar-refractivity contribution in [3.63, 3.8) is 0 Å². The molecule has 0 atom stereocenters. The molecule has 1 heterocycles. The topological polar surface area (TPSA) is 16.4 Å². The molecule has 2 heteroatoms. The molecule has 0 fully saturated rings. The summed E-state index contributed by atoms with van der Waals surface area (Å²) in [6, 6.07) is 66.9. The van der Waals surface area contributed by atoms with Crippen LogP contribution in [0, 0.1) is 0 Å². The highest BCUT2D eigenvalue weighted by molar-refractivity contribution is 6.15. The van der Waals surface area contributed by atoms with Crippen LogP contribution in [0.2, 0.25) is 0 Å². The van der Waals surface area contributed by atoms with Gasteiger partial charge in [0.1, 0.15) is 11.2 Å². The Kier molecular flexibility index (Phi) is 6.84. The van der Waals surface area contributed by atoms with Gasteiger partial charge in [-0.25, -0.2) is 0 Å². The lowest BCUT2D eigenvalue weighted by Gasteiger charge is -2.30. The van der Waals surface area contributed by atoms with Gasteiger partial charge in [0.05, 0.1) is 11.4 Å². The molecular weight excluding hydrogens is 583 g/mol. The van der Waals surface area contributed by atoms with Gasteiger partial charge < -0.3 is 9.32 Å². The van der Waals surface area contributed by atoms with Crippen molar-refractivity contribution in [1.82, 2.24) is 0 Å². The van der Waals surface area contributed by atoms with Gasteiger partial charge in [-0.15, -0.1) is 0 Å². The fraction of sp³-hybridized carbons (Fsp3) is 0. The van der Waals surface area contributed by atoms with Crippen LogP contribution in [0.3, 0.4) is 0 Å². The van der Waals surface area contributed by atoms with Gasteiger partial charge >= 0.3 is 0 Å². The number of hydrogen-bond donors (Lipinski definition) is 0. The molecule has 226 valence electrons. The highest BCUT2D eigenvalue weighted by Crippen LogP contribution is 2.45. The van der Waals surface area contributed by atoms with Crippen LogP contribution in [0.5, 0.6) is 0 Å². The van der Waals surface area contributed by atoms with Crippen molar-refractivity contribution >= 4 is 49.8 Å². The maximum absolute atomic E-state index is 6.46. The summed E-state index contributed by atoms with van der Waals surface area (Å²) >= 11 is 0. The second-order valence-electron chi connectivity index (χ2n) is 12.1. The Morgan fingerprint density at radius 3 is 1.67 bits per heavy atom. The van der Waals surface area contributed by atoms with Crippen LogP contribution in [-0.2, 0) is 0 Å². The van der Waals surface area contributed by atoms with E-state index in [9.17, 15) is 0 Å². The Bertz CT molecular complexity index is 2550. The van der Waals surface area contributed by atoms with Crippen LogP contribution < -0.4 is 4.90 Å². The average molecular weight is 614 g/mol. The first-order valence-electron chi connectivity index (χ1n) is 16.4. The van der Waals surface area contributed by atoms with Crippen LogP contribution in [0.4, 0.5) is 17.1 Å². The van der Waals surface area contributed by atoms with E-state index >= 15 is 0 Å². The Hall–Kier alpha value is -6.38. The summed E-state index contributed by atoms with van der Waals surface area (Å²) in [4.78, 5) is 2.39. The quantitative estimate of drug-likeness (QED) is 0.185. The van der Waals surface area contributed by atoms with Crippen LogP contribution in [0.1, 0.15) is 0 Å². The molecule has 0 N–H and O–H groups in total. The minimum Gasteiger partial charge on any atom is -0.455 e. The van der Waals surface area contributed by atoms with E-state index in [2.05, 4.69) is 193 Å². The molecule has 0 bridgehead atoms. The molecule has 9 rings (SSSR count). The molecule has 0 aliphatic heterocycles. The summed E-state index contributed by atoms with van der Waals surface area (Å²) in [5.41, 5.74) is 12.2. The van der Waals surface area contributed by atoms with Gasteiger partial charge in [0, 0.05) is 33.0 Å². The zero-order chi connectivity index (χ0) is 31.9. The van der Waals surface area contributed by atoms with Crippen LogP contribution in [0.25, 0.3) is 66.1 Å². The van der Waals surface area contributed by atoms with Gasteiger partial charge in [-0.1, -0.05) is 146 Å². The molecular formula is C46H31NO. The second kappa shape index (κ2) is 11.8. The monoisotopic (exact) mass is 613 g/mol. The number of benzene rings is 8. The predicted molar refractivity (Wildman–Crippen MR) is 202 cm³/mol. The molecule has 48 heavy (non-hydrogen) atoms. The van der Waals surface area contributed by atoms with E-state index in [1.54, 1.807) is 0 Å². The van der Waals surface area contributed by atoms with Gasteiger partial charge in [0.25, 0.3) is 0 Å². The fourth-order valence-electron chi connectivity index (χ4n) is 6.96. The van der Waals surface area contributed by atoms with Gasteiger partial charge in [-0.2, -0.15) is 0 Å². The van der Waals surface area contributed by atoms with E-state index < -0.39 is 0 Å². The number of rotatable bonds is 6.